The van der Waals surface area contributed by atoms with Crippen molar-refractivity contribution in [3.8, 4) is 11.5 Å². The first kappa shape index (κ1) is 25.9. The molecule has 2 aromatic carbocycles. The first-order chi connectivity index (χ1) is 16.5. The zero-order valence-electron chi connectivity index (χ0n) is 20.7. The molecule has 0 saturated heterocycles. The Morgan fingerprint density at radius 1 is 1.14 bits per heavy atom. The number of methoxy groups -OCH3 is 1. The number of nitrogens with zero attached hydrogens (tertiary/aromatic N) is 1. The predicted octanol–water partition coefficient (Wildman–Crippen LogP) is 3.84. The van der Waals surface area contributed by atoms with Crippen molar-refractivity contribution in [3.05, 3.63) is 54.1 Å². The lowest BCUT2D eigenvalue weighted by atomic mass is 10.0. The van der Waals surface area contributed by atoms with Crippen LogP contribution in [-0.2, 0) is 14.3 Å². The number of phenolic OH excluding ortho intramolecular Hbond substituents is 1. The summed E-state index contributed by atoms with van der Waals surface area (Å²) in [6.45, 7) is 6.85. The van der Waals surface area contributed by atoms with Gasteiger partial charge in [0.25, 0.3) is 5.91 Å². The fourth-order valence-electron chi connectivity index (χ4n) is 3.78. The minimum absolute atomic E-state index is 0.0205. The van der Waals surface area contributed by atoms with Gasteiger partial charge in [0.05, 0.1) is 7.11 Å². The number of alkyl carbamates (subject to hydrolysis) is 1. The number of benzene rings is 2. The van der Waals surface area contributed by atoms with Crippen molar-refractivity contribution in [2.24, 2.45) is 5.92 Å². The maximum atomic E-state index is 13.6. The van der Waals surface area contributed by atoms with Crippen LogP contribution < -0.4 is 15.4 Å². The maximum absolute atomic E-state index is 13.6. The number of carbonyl (C=O) groups is 3. The van der Waals surface area contributed by atoms with Crippen LogP contribution >= 0.6 is 0 Å². The summed E-state index contributed by atoms with van der Waals surface area (Å²) in [6, 6.07) is 11.9. The fourth-order valence-corrected chi connectivity index (χ4v) is 3.78. The molecule has 1 saturated carbocycles. The summed E-state index contributed by atoms with van der Waals surface area (Å²) < 4.78 is 10.4. The van der Waals surface area contributed by atoms with E-state index in [1.54, 1.807) is 64.3 Å². The normalized spacial score (nSPS) is 17.6. The number of phenols is 1. The number of hydrogen-bond acceptors (Lipinski definition) is 6. The van der Waals surface area contributed by atoms with Crippen LogP contribution in [0.1, 0.15) is 45.7 Å². The zero-order valence-corrected chi connectivity index (χ0v) is 20.7. The van der Waals surface area contributed by atoms with Crippen LogP contribution in [0.4, 0.5) is 10.5 Å². The molecule has 3 N–H and O–H groups in total. The number of hydrogen-bond donors (Lipinski definition) is 3. The Hall–Kier alpha value is -3.75. The van der Waals surface area contributed by atoms with E-state index in [-0.39, 0.29) is 24.3 Å². The van der Waals surface area contributed by atoms with E-state index in [2.05, 4.69) is 10.6 Å². The lowest BCUT2D eigenvalue weighted by molar-refractivity contribution is -0.139. The highest BCUT2D eigenvalue weighted by atomic mass is 16.6. The molecule has 0 bridgehead atoms. The summed E-state index contributed by atoms with van der Waals surface area (Å²) >= 11 is 0. The van der Waals surface area contributed by atoms with Gasteiger partial charge < -0.3 is 30.1 Å². The van der Waals surface area contributed by atoms with E-state index in [0.717, 1.165) is 6.42 Å². The van der Waals surface area contributed by atoms with Gasteiger partial charge in [0.2, 0.25) is 5.91 Å². The van der Waals surface area contributed by atoms with Gasteiger partial charge in [0.15, 0.2) is 0 Å². The molecule has 3 amide bonds. The standard InChI is InChI=1S/C26H33N3O6/c1-16-13-21(16)29(22(31)15-27-25(33)35-26(2,3)4)23(17-7-6-8-19(30)14-17)24(32)28-18-9-11-20(34-5)12-10-18/h6-12,14,16,21,23,30H,13,15H2,1-5H3,(H,27,33)(H,28,32). The summed E-state index contributed by atoms with van der Waals surface area (Å²) in [5.41, 5.74) is 0.282. The van der Waals surface area contributed by atoms with Gasteiger partial charge in [-0.1, -0.05) is 19.1 Å². The second-order valence-corrected chi connectivity index (χ2v) is 9.65. The molecule has 1 aliphatic rings. The first-order valence-electron chi connectivity index (χ1n) is 11.5. The van der Waals surface area contributed by atoms with Crippen LogP contribution in [0, 0.1) is 5.92 Å². The lowest BCUT2D eigenvalue weighted by Gasteiger charge is -2.32. The number of carbonyl (C=O) groups excluding carboxylic acids is 3. The maximum Gasteiger partial charge on any atom is 0.408 e. The third kappa shape index (κ3) is 7.11. The lowest BCUT2D eigenvalue weighted by Crippen LogP contribution is -2.48. The van der Waals surface area contributed by atoms with Gasteiger partial charge in [-0.15, -0.1) is 0 Å². The summed E-state index contributed by atoms with van der Waals surface area (Å²) in [7, 11) is 1.55. The highest BCUT2D eigenvalue weighted by Gasteiger charge is 2.46. The topological polar surface area (TPSA) is 117 Å². The molecule has 0 radical (unpaired) electrons. The molecule has 1 fully saturated rings. The van der Waals surface area contributed by atoms with Crippen molar-refractivity contribution >= 4 is 23.6 Å². The summed E-state index contributed by atoms with van der Waals surface area (Å²) in [4.78, 5) is 40.6. The first-order valence-corrected chi connectivity index (χ1v) is 11.5. The minimum atomic E-state index is -1.02. The number of amides is 3. The van der Waals surface area contributed by atoms with E-state index >= 15 is 0 Å². The molecule has 3 rings (SSSR count). The van der Waals surface area contributed by atoms with Gasteiger partial charge in [-0.2, -0.15) is 0 Å². The zero-order chi connectivity index (χ0) is 25.8. The average Bonchev–Trinajstić information content (AvgIpc) is 3.50. The average molecular weight is 484 g/mol. The van der Waals surface area contributed by atoms with Crippen molar-refractivity contribution < 1.29 is 29.0 Å². The molecule has 0 aliphatic heterocycles. The molecule has 1 aliphatic carbocycles. The van der Waals surface area contributed by atoms with Crippen LogP contribution in [0.5, 0.6) is 11.5 Å². The quantitative estimate of drug-likeness (QED) is 0.525. The van der Waals surface area contributed by atoms with Crippen molar-refractivity contribution in [2.45, 2.75) is 51.8 Å². The van der Waals surface area contributed by atoms with Crippen LogP contribution in [0.3, 0.4) is 0 Å². The SMILES string of the molecule is COc1ccc(NC(=O)C(c2cccc(O)c2)N(C(=O)CNC(=O)OC(C)(C)C)C2CC2C)cc1. The van der Waals surface area contributed by atoms with E-state index in [1.807, 2.05) is 6.92 Å². The Morgan fingerprint density at radius 2 is 1.80 bits per heavy atom. The molecular weight excluding hydrogens is 450 g/mol. The molecule has 3 unspecified atom stereocenters. The summed E-state index contributed by atoms with van der Waals surface area (Å²) in [6.07, 6.45) is 0.00906. The molecule has 9 heteroatoms. The van der Waals surface area contributed by atoms with E-state index in [0.29, 0.717) is 17.0 Å². The number of nitrogens with one attached hydrogen (secondary N) is 2. The van der Waals surface area contributed by atoms with Crippen molar-refractivity contribution in [2.75, 3.05) is 19.0 Å². The summed E-state index contributed by atoms with van der Waals surface area (Å²) in [5, 5.41) is 15.4. The third-order valence-electron chi connectivity index (χ3n) is 5.57. The van der Waals surface area contributed by atoms with Crippen LogP contribution in [-0.4, -0.2) is 53.2 Å². The Bertz CT molecular complexity index is 1060. The van der Waals surface area contributed by atoms with Gasteiger partial charge in [0, 0.05) is 11.7 Å². The predicted molar refractivity (Wildman–Crippen MR) is 131 cm³/mol. The van der Waals surface area contributed by atoms with Crippen molar-refractivity contribution in [3.63, 3.8) is 0 Å². The minimum Gasteiger partial charge on any atom is -0.508 e. The van der Waals surface area contributed by atoms with E-state index < -0.39 is 29.6 Å². The molecule has 0 heterocycles. The second-order valence-electron chi connectivity index (χ2n) is 9.65. The van der Waals surface area contributed by atoms with E-state index in [4.69, 9.17) is 9.47 Å². The van der Waals surface area contributed by atoms with Gasteiger partial charge in [-0.05, 0) is 75.1 Å². The summed E-state index contributed by atoms with van der Waals surface area (Å²) in [5.74, 6) is -0.0554. The van der Waals surface area contributed by atoms with Gasteiger partial charge in [-0.25, -0.2) is 4.79 Å². The van der Waals surface area contributed by atoms with E-state index in [9.17, 15) is 19.5 Å². The smallest absolute Gasteiger partial charge is 0.408 e. The monoisotopic (exact) mass is 483 g/mol. The van der Waals surface area contributed by atoms with Gasteiger partial charge >= 0.3 is 6.09 Å². The largest absolute Gasteiger partial charge is 0.508 e. The highest BCUT2D eigenvalue weighted by Crippen LogP contribution is 2.41. The Balaban J connectivity index is 1.88. The Kier molecular flexibility index (Phi) is 7.89. The van der Waals surface area contributed by atoms with E-state index in [1.165, 1.54) is 17.0 Å². The molecule has 35 heavy (non-hydrogen) atoms. The number of rotatable bonds is 8. The molecule has 9 nitrogen and oxygen atoms in total. The molecule has 2 aromatic rings. The van der Waals surface area contributed by atoms with Crippen LogP contribution in [0.2, 0.25) is 0 Å². The molecule has 0 aromatic heterocycles. The molecule has 0 spiro atoms. The van der Waals surface area contributed by atoms with Gasteiger partial charge in [0.1, 0.15) is 29.7 Å². The van der Waals surface area contributed by atoms with Crippen LogP contribution in [0.15, 0.2) is 48.5 Å². The Morgan fingerprint density at radius 3 is 2.34 bits per heavy atom. The Labute approximate surface area is 205 Å². The number of ether oxygens (including phenoxy) is 2. The molecular formula is C26H33N3O6. The van der Waals surface area contributed by atoms with Crippen LogP contribution in [0.25, 0.3) is 0 Å². The van der Waals surface area contributed by atoms with Gasteiger partial charge in [-0.3, -0.25) is 9.59 Å². The third-order valence-corrected chi connectivity index (χ3v) is 5.57. The van der Waals surface area contributed by atoms with Crippen molar-refractivity contribution in [1.29, 1.82) is 0 Å². The van der Waals surface area contributed by atoms with Crippen molar-refractivity contribution in [1.82, 2.24) is 10.2 Å². The number of anilines is 1. The number of aromatic hydroxyl groups is 1. The fraction of sp³-hybridized carbons (Fsp3) is 0.423. The second kappa shape index (κ2) is 10.7. The molecule has 3 atom stereocenters. The molecule has 188 valence electrons. The highest BCUT2D eigenvalue weighted by molar-refractivity contribution is 5.98.